The fraction of sp³-hybridized carbons (Fsp3) is 0.107. The van der Waals surface area contributed by atoms with Gasteiger partial charge < -0.3 is 15.2 Å². The number of carbonyl (C=O) groups excluding carboxylic acids is 3. The zero-order valence-corrected chi connectivity index (χ0v) is 23.6. The van der Waals surface area contributed by atoms with E-state index < -0.39 is 21.5 Å². The Hall–Kier alpha value is -3.00. The third-order valence-electron chi connectivity index (χ3n) is 6.31. The van der Waals surface area contributed by atoms with Crippen LogP contribution in [-0.4, -0.2) is 25.8 Å². The maximum absolute atomic E-state index is 13.8. The molecule has 1 aromatic heterocycles. The number of rotatable bonds is 5. The van der Waals surface area contributed by atoms with Gasteiger partial charge in [-0.15, -0.1) is 0 Å². The molecule has 0 aliphatic carbocycles. The van der Waals surface area contributed by atoms with E-state index >= 15 is 0 Å². The van der Waals surface area contributed by atoms with E-state index in [2.05, 4.69) is 10.6 Å². The number of hydrogen-bond donors (Lipinski definition) is 2. The summed E-state index contributed by atoms with van der Waals surface area (Å²) in [5, 5.41) is 6.71. The van der Waals surface area contributed by atoms with E-state index in [-0.39, 0.29) is 22.1 Å². The van der Waals surface area contributed by atoms with Gasteiger partial charge in [0, 0.05) is 27.7 Å². The van der Waals surface area contributed by atoms with Gasteiger partial charge in [-0.05, 0) is 66.2 Å². The van der Waals surface area contributed by atoms with Gasteiger partial charge in [0.25, 0.3) is 9.70 Å². The quantitative estimate of drug-likeness (QED) is 0.175. The van der Waals surface area contributed by atoms with Crippen LogP contribution in [-0.2, 0) is 6.54 Å². The number of nitrogens with one attached hydrogen (secondary N) is 2. The Morgan fingerprint density at radius 1 is 0.897 bits per heavy atom. The molecule has 4 aromatic rings. The van der Waals surface area contributed by atoms with Crippen molar-refractivity contribution in [3.63, 3.8) is 0 Å². The monoisotopic (exact) mass is 619 g/mol. The largest absolute Gasteiger partial charge is 0.370 e. The highest BCUT2D eigenvalue weighted by Gasteiger charge is 2.37. The number of benzene rings is 3. The van der Waals surface area contributed by atoms with Gasteiger partial charge in [0.15, 0.2) is 5.78 Å². The van der Waals surface area contributed by atoms with E-state index in [1.54, 1.807) is 47.0 Å². The number of para-hydroxylation sites is 1. The topological polar surface area (TPSA) is 80.2 Å². The van der Waals surface area contributed by atoms with Crippen LogP contribution in [0.1, 0.15) is 48.5 Å². The first-order chi connectivity index (χ1) is 18.5. The minimum atomic E-state index is -2.15. The fourth-order valence-corrected chi connectivity index (χ4v) is 5.20. The SMILES string of the molecule is O=C(Nc1ccc(C(=O)C2Nc3ccccc3Cn3c(C(=O)C(Cl)(Cl)Cl)ccc32)cc1)c1ccc(Cl)cc1Cl. The lowest BCUT2D eigenvalue weighted by Crippen LogP contribution is -2.25. The molecule has 2 heterocycles. The number of carbonyl (C=O) groups is 3. The molecule has 0 saturated carbocycles. The molecule has 1 aliphatic heterocycles. The van der Waals surface area contributed by atoms with Gasteiger partial charge in [0.1, 0.15) is 6.04 Å². The lowest BCUT2D eigenvalue weighted by Gasteiger charge is -2.19. The van der Waals surface area contributed by atoms with Crippen molar-refractivity contribution in [2.75, 3.05) is 10.6 Å². The maximum atomic E-state index is 13.8. The minimum Gasteiger partial charge on any atom is -0.370 e. The second-order valence-corrected chi connectivity index (χ2v) is 11.9. The van der Waals surface area contributed by atoms with Crippen LogP contribution in [0, 0.1) is 0 Å². The number of ketones is 2. The highest BCUT2D eigenvalue weighted by Crippen LogP contribution is 2.36. The number of nitrogens with zero attached hydrogens (tertiary/aromatic N) is 1. The van der Waals surface area contributed by atoms with Crippen molar-refractivity contribution in [3.05, 3.63) is 117 Å². The van der Waals surface area contributed by atoms with Crippen molar-refractivity contribution in [2.45, 2.75) is 16.4 Å². The number of amides is 1. The standard InChI is InChI=1S/C28H18Cl5N3O3/c29-17-7-10-19(20(30)13-17)27(39)34-18-8-5-15(6-9-18)25(37)24-22-11-12-23(26(38)28(31,32)33)36(22)14-16-3-1-2-4-21(16)35-24/h1-13,24,35H,14H2,(H,34,39). The zero-order valence-electron chi connectivity index (χ0n) is 19.9. The number of halogens is 5. The summed E-state index contributed by atoms with van der Waals surface area (Å²) in [5.74, 6) is -1.36. The predicted molar refractivity (Wildman–Crippen MR) is 156 cm³/mol. The molecule has 0 spiro atoms. The van der Waals surface area contributed by atoms with Crippen LogP contribution in [0.3, 0.4) is 0 Å². The van der Waals surface area contributed by atoms with E-state index in [1.165, 1.54) is 12.1 Å². The summed E-state index contributed by atoms with van der Waals surface area (Å²) in [7, 11) is 0. The van der Waals surface area contributed by atoms with Crippen molar-refractivity contribution in [1.82, 2.24) is 4.57 Å². The molecule has 5 rings (SSSR count). The summed E-state index contributed by atoms with van der Waals surface area (Å²) < 4.78 is -0.458. The molecule has 1 atom stereocenters. The minimum absolute atomic E-state index is 0.181. The zero-order chi connectivity index (χ0) is 27.9. The first-order valence-corrected chi connectivity index (χ1v) is 13.5. The third-order valence-corrected chi connectivity index (χ3v) is 7.37. The Kier molecular flexibility index (Phi) is 7.68. The molecule has 6 nitrogen and oxygen atoms in total. The fourth-order valence-electron chi connectivity index (χ4n) is 4.41. The molecule has 0 radical (unpaired) electrons. The number of alkyl halides is 3. The molecule has 0 fully saturated rings. The summed E-state index contributed by atoms with van der Waals surface area (Å²) >= 11 is 29.8. The molecule has 3 aromatic carbocycles. The average molecular weight is 622 g/mol. The molecule has 1 amide bonds. The molecule has 1 unspecified atom stereocenters. The summed E-state index contributed by atoms with van der Waals surface area (Å²) in [6, 6.07) is 20.9. The van der Waals surface area contributed by atoms with Crippen molar-refractivity contribution < 1.29 is 14.4 Å². The highest BCUT2D eigenvalue weighted by atomic mass is 35.6. The maximum Gasteiger partial charge on any atom is 0.257 e. The van der Waals surface area contributed by atoms with Crippen LogP contribution in [0.15, 0.2) is 78.9 Å². The Labute approximate surface area is 248 Å². The molecule has 39 heavy (non-hydrogen) atoms. The van der Waals surface area contributed by atoms with Gasteiger partial charge in [-0.3, -0.25) is 14.4 Å². The van der Waals surface area contributed by atoms with Gasteiger partial charge in [-0.1, -0.05) is 76.2 Å². The predicted octanol–water partition coefficient (Wildman–Crippen LogP) is 8.00. The molecular formula is C28H18Cl5N3O3. The van der Waals surface area contributed by atoms with Gasteiger partial charge in [-0.2, -0.15) is 0 Å². The molecule has 0 bridgehead atoms. The van der Waals surface area contributed by atoms with E-state index in [0.29, 0.717) is 28.5 Å². The van der Waals surface area contributed by atoms with Crippen molar-refractivity contribution >= 4 is 86.9 Å². The lowest BCUT2D eigenvalue weighted by atomic mass is 10.0. The van der Waals surface area contributed by atoms with E-state index in [0.717, 1.165) is 11.3 Å². The van der Waals surface area contributed by atoms with Gasteiger partial charge in [0.2, 0.25) is 5.78 Å². The van der Waals surface area contributed by atoms with Crippen LogP contribution in [0.4, 0.5) is 11.4 Å². The Balaban J connectivity index is 1.44. The number of anilines is 2. The highest BCUT2D eigenvalue weighted by molar-refractivity contribution is 6.77. The normalized spacial score (nSPS) is 14.4. The summed E-state index contributed by atoms with van der Waals surface area (Å²) in [6.07, 6.45) is 0. The van der Waals surface area contributed by atoms with Crippen molar-refractivity contribution in [2.24, 2.45) is 0 Å². The molecule has 2 N–H and O–H groups in total. The Morgan fingerprint density at radius 2 is 1.62 bits per heavy atom. The number of Topliss-reactive ketones (excluding diaryl/α,β-unsaturated/α-hetero) is 2. The number of hydrogen-bond acceptors (Lipinski definition) is 4. The number of aromatic nitrogens is 1. The number of fused-ring (bicyclic) bond motifs is 2. The lowest BCUT2D eigenvalue weighted by molar-refractivity contribution is 0.0959. The van der Waals surface area contributed by atoms with E-state index in [1.807, 2.05) is 24.3 Å². The molecule has 11 heteroatoms. The van der Waals surface area contributed by atoms with Crippen LogP contribution in [0.5, 0.6) is 0 Å². The van der Waals surface area contributed by atoms with Crippen LogP contribution < -0.4 is 10.6 Å². The van der Waals surface area contributed by atoms with E-state index in [4.69, 9.17) is 58.0 Å². The Morgan fingerprint density at radius 3 is 2.31 bits per heavy atom. The second kappa shape index (κ2) is 10.9. The van der Waals surface area contributed by atoms with Crippen LogP contribution in [0.25, 0.3) is 0 Å². The van der Waals surface area contributed by atoms with Crippen molar-refractivity contribution in [3.8, 4) is 0 Å². The summed E-state index contributed by atoms with van der Waals surface area (Å²) in [6.45, 7) is 0.301. The summed E-state index contributed by atoms with van der Waals surface area (Å²) in [5.41, 5.74) is 3.46. The van der Waals surface area contributed by atoms with Gasteiger partial charge in [-0.25, -0.2) is 0 Å². The summed E-state index contributed by atoms with van der Waals surface area (Å²) in [4.78, 5) is 39.3. The Bertz CT molecular complexity index is 1610. The van der Waals surface area contributed by atoms with Crippen molar-refractivity contribution in [1.29, 1.82) is 0 Å². The van der Waals surface area contributed by atoms with Gasteiger partial charge in [0.05, 0.1) is 22.8 Å². The third kappa shape index (κ3) is 5.67. The molecule has 1 aliphatic rings. The second-order valence-electron chi connectivity index (χ2n) is 8.81. The van der Waals surface area contributed by atoms with Gasteiger partial charge >= 0.3 is 0 Å². The molecule has 198 valence electrons. The van der Waals surface area contributed by atoms with Crippen LogP contribution >= 0.6 is 58.0 Å². The smallest absolute Gasteiger partial charge is 0.257 e. The molecular weight excluding hydrogens is 604 g/mol. The molecule has 0 saturated heterocycles. The average Bonchev–Trinajstić information content (AvgIpc) is 3.22. The first-order valence-electron chi connectivity index (χ1n) is 11.6. The van der Waals surface area contributed by atoms with Crippen LogP contribution in [0.2, 0.25) is 10.0 Å². The first kappa shape index (κ1) is 27.6. The van der Waals surface area contributed by atoms with E-state index in [9.17, 15) is 14.4 Å².